The maximum Gasteiger partial charge on any atom is 0.282 e. The van der Waals surface area contributed by atoms with Crippen molar-refractivity contribution in [3.05, 3.63) is 44.9 Å². The molecule has 3 rings (SSSR count). The molecule has 0 radical (unpaired) electrons. The molecule has 0 unspecified atom stereocenters. The van der Waals surface area contributed by atoms with Crippen molar-refractivity contribution >= 4 is 27.4 Å². The van der Waals surface area contributed by atoms with E-state index in [0.29, 0.717) is 29.9 Å². The van der Waals surface area contributed by atoms with E-state index in [-0.39, 0.29) is 5.56 Å². The fraction of sp³-hybridized carbons (Fsp3) is 0.400. The molecule has 122 valence electrons. The number of nitrogens with zero attached hydrogens (tertiary/aromatic N) is 4. The molecular formula is C15H18BrN5O2. The maximum atomic E-state index is 11.9. The second-order valence-electron chi connectivity index (χ2n) is 5.24. The number of anilines is 2. The Hall–Kier alpha value is -1.93. The molecule has 2 aromatic heterocycles. The van der Waals surface area contributed by atoms with Gasteiger partial charge in [0.2, 0.25) is 0 Å². The molecule has 1 aliphatic heterocycles. The Labute approximate surface area is 142 Å². The van der Waals surface area contributed by atoms with Crippen molar-refractivity contribution in [3.8, 4) is 0 Å². The first-order valence-electron chi connectivity index (χ1n) is 7.39. The summed E-state index contributed by atoms with van der Waals surface area (Å²) >= 11 is 3.32. The average Bonchev–Trinajstić information content (AvgIpc) is 2.60. The van der Waals surface area contributed by atoms with Crippen LogP contribution in [0.2, 0.25) is 0 Å². The van der Waals surface area contributed by atoms with E-state index >= 15 is 0 Å². The predicted octanol–water partition coefficient (Wildman–Crippen LogP) is 1.39. The number of halogens is 1. The molecule has 1 aliphatic rings. The Balaban J connectivity index is 1.78. The third-order valence-electron chi connectivity index (χ3n) is 3.73. The van der Waals surface area contributed by atoms with Crippen LogP contribution in [0.25, 0.3) is 0 Å². The molecule has 0 amide bonds. The fourth-order valence-electron chi connectivity index (χ4n) is 2.45. The zero-order valence-corrected chi connectivity index (χ0v) is 14.4. The highest BCUT2D eigenvalue weighted by atomic mass is 79.9. The summed E-state index contributed by atoms with van der Waals surface area (Å²) in [4.78, 5) is 18.6. The molecule has 23 heavy (non-hydrogen) atoms. The van der Waals surface area contributed by atoms with Gasteiger partial charge in [-0.2, -0.15) is 5.10 Å². The average molecular weight is 380 g/mol. The first-order chi connectivity index (χ1) is 11.2. The molecule has 0 bridgehead atoms. The van der Waals surface area contributed by atoms with E-state index in [1.54, 1.807) is 19.4 Å². The summed E-state index contributed by atoms with van der Waals surface area (Å²) in [6.45, 7) is 3.66. The van der Waals surface area contributed by atoms with Crippen molar-refractivity contribution in [2.24, 2.45) is 7.05 Å². The SMILES string of the molecule is Cn1ncc(NCc2cccnc2N2CCOCC2)c(Br)c1=O. The van der Waals surface area contributed by atoms with Crippen LogP contribution >= 0.6 is 15.9 Å². The molecule has 0 aromatic carbocycles. The van der Waals surface area contributed by atoms with E-state index in [2.05, 4.69) is 36.2 Å². The van der Waals surface area contributed by atoms with Crippen LogP contribution in [0, 0.1) is 0 Å². The van der Waals surface area contributed by atoms with E-state index in [1.807, 2.05) is 12.1 Å². The molecule has 0 aliphatic carbocycles. The van der Waals surface area contributed by atoms with E-state index in [0.717, 1.165) is 24.5 Å². The summed E-state index contributed by atoms with van der Waals surface area (Å²) in [5, 5.41) is 7.29. The van der Waals surface area contributed by atoms with Crippen LogP contribution in [-0.4, -0.2) is 41.1 Å². The van der Waals surface area contributed by atoms with Crippen molar-refractivity contribution in [3.63, 3.8) is 0 Å². The minimum Gasteiger partial charge on any atom is -0.378 e. The third kappa shape index (κ3) is 3.53. The number of rotatable bonds is 4. The van der Waals surface area contributed by atoms with Gasteiger partial charge in [-0.25, -0.2) is 9.67 Å². The number of pyridine rings is 1. The number of hydrogen-bond acceptors (Lipinski definition) is 6. The molecule has 8 heteroatoms. The van der Waals surface area contributed by atoms with Crippen molar-refractivity contribution < 1.29 is 4.74 Å². The molecule has 2 aromatic rings. The number of hydrogen-bond donors (Lipinski definition) is 1. The van der Waals surface area contributed by atoms with Gasteiger partial charge in [-0.15, -0.1) is 0 Å². The van der Waals surface area contributed by atoms with Crippen LogP contribution in [0.5, 0.6) is 0 Å². The number of aromatic nitrogens is 3. The molecular weight excluding hydrogens is 362 g/mol. The summed E-state index contributed by atoms with van der Waals surface area (Å²) in [7, 11) is 1.62. The van der Waals surface area contributed by atoms with E-state index in [4.69, 9.17) is 4.74 Å². The lowest BCUT2D eigenvalue weighted by Gasteiger charge is -2.29. The Morgan fingerprint density at radius 3 is 2.96 bits per heavy atom. The zero-order valence-electron chi connectivity index (χ0n) is 12.8. The van der Waals surface area contributed by atoms with Gasteiger partial charge in [0.1, 0.15) is 10.3 Å². The number of ether oxygens (including phenoxy) is 1. The van der Waals surface area contributed by atoms with Crippen molar-refractivity contribution in [1.29, 1.82) is 0 Å². The third-order valence-corrected chi connectivity index (χ3v) is 4.49. The van der Waals surface area contributed by atoms with E-state index in [9.17, 15) is 4.79 Å². The maximum absolute atomic E-state index is 11.9. The molecule has 0 spiro atoms. The van der Waals surface area contributed by atoms with Crippen molar-refractivity contribution in [2.45, 2.75) is 6.54 Å². The van der Waals surface area contributed by atoms with Gasteiger partial charge in [0.15, 0.2) is 0 Å². The van der Waals surface area contributed by atoms with Crippen LogP contribution in [0.3, 0.4) is 0 Å². The molecule has 0 saturated carbocycles. The Morgan fingerprint density at radius 2 is 2.17 bits per heavy atom. The lowest BCUT2D eigenvalue weighted by molar-refractivity contribution is 0.122. The lowest BCUT2D eigenvalue weighted by Crippen LogP contribution is -2.37. The summed E-state index contributed by atoms with van der Waals surface area (Å²) in [5.41, 5.74) is 1.57. The lowest BCUT2D eigenvalue weighted by atomic mass is 10.2. The summed E-state index contributed by atoms with van der Waals surface area (Å²) in [5.74, 6) is 0.955. The highest BCUT2D eigenvalue weighted by molar-refractivity contribution is 9.10. The normalized spacial score (nSPS) is 14.8. The largest absolute Gasteiger partial charge is 0.378 e. The zero-order chi connectivity index (χ0) is 16.2. The van der Waals surface area contributed by atoms with Crippen LogP contribution in [-0.2, 0) is 18.3 Å². The Kier molecular flexibility index (Phi) is 4.92. The van der Waals surface area contributed by atoms with Gasteiger partial charge >= 0.3 is 0 Å². The Morgan fingerprint density at radius 1 is 1.39 bits per heavy atom. The van der Waals surface area contributed by atoms with Gasteiger partial charge in [-0.1, -0.05) is 6.07 Å². The van der Waals surface area contributed by atoms with Crippen molar-refractivity contribution in [2.75, 3.05) is 36.5 Å². The van der Waals surface area contributed by atoms with Gasteiger partial charge in [0, 0.05) is 38.4 Å². The molecule has 0 atom stereocenters. The fourth-order valence-corrected chi connectivity index (χ4v) is 2.95. The van der Waals surface area contributed by atoms with Crippen LogP contribution < -0.4 is 15.8 Å². The number of nitrogens with one attached hydrogen (secondary N) is 1. The standard InChI is InChI=1S/C15H18BrN5O2/c1-20-15(22)13(16)12(10-19-20)18-9-11-3-2-4-17-14(11)21-5-7-23-8-6-21/h2-4,10,18H,5-9H2,1H3. The van der Waals surface area contributed by atoms with Gasteiger partial charge in [-0.05, 0) is 22.0 Å². The second kappa shape index (κ2) is 7.10. The van der Waals surface area contributed by atoms with Gasteiger partial charge < -0.3 is 15.0 Å². The van der Waals surface area contributed by atoms with Crippen molar-refractivity contribution in [1.82, 2.24) is 14.8 Å². The monoisotopic (exact) mass is 379 g/mol. The molecule has 7 nitrogen and oxygen atoms in total. The quantitative estimate of drug-likeness (QED) is 0.865. The van der Waals surface area contributed by atoms with Gasteiger partial charge in [-0.3, -0.25) is 4.79 Å². The second-order valence-corrected chi connectivity index (χ2v) is 6.03. The van der Waals surface area contributed by atoms with E-state index in [1.165, 1.54) is 4.68 Å². The van der Waals surface area contributed by atoms with Crippen LogP contribution in [0.1, 0.15) is 5.56 Å². The first-order valence-corrected chi connectivity index (χ1v) is 8.18. The van der Waals surface area contributed by atoms with Gasteiger partial charge in [0.25, 0.3) is 5.56 Å². The Bertz CT molecular complexity index is 743. The number of aryl methyl sites for hydroxylation is 1. The topological polar surface area (TPSA) is 72.3 Å². The minimum absolute atomic E-state index is 0.172. The van der Waals surface area contributed by atoms with E-state index < -0.39 is 0 Å². The summed E-state index contributed by atoms with van der Waals surface area (Å²) < 4.78 is 7.16. The smallest absolute Gasteiger partial charge is 0.282 e. The first kappa shape index (κ1) is 15.9. The predicted molar refractivity (Wildman–Crippen MR) is 91.8 cm³/mol. The van der Waals surface area contributed by atoms with Crippen LogP contribution in [0.4, 0.5) is 11.5 Å². The molecule has 1 fully saturated rings. The summed E-state index contributed by atoms with van der Waals surface area (Å²) in [6, 6.07) is 3.95. The molecule has 1 saturated heterocycles. The molecule has 1 N–H and O–H groups in total. The molecule has 3 heterocycles. The summed E-state index contributed by atoms with van der Waals surface area (Å²) in [6.07, 6.45) is 3.43. The highest BCUT2D eigenvalue weighted by Crippen LogP contribution is 2.21. The minimum atomic E-state index is -0.172. The number of morpholine rings is 1. The van der Waals surface area contributed by atoms with Gasteiger partial charge in [0.05, 0.1) is 25.1 Å². The van der Waals surface area contributed by atoms with Crippen LogP contribution in [0.15, 0.2) is 33.8 Å². The highest BCUT2D eigenvalue weighted by Gasteiger charge is 2.16.